The first-order valence-corrected chi connectivity index (χ1v) is 10.1. The van der Waals surface area contributed by atoms with Crippen molar-refractivity contribution in [3.05, 3.63) is 23.8 Å². The fraction of sp³-hybridized carbons (Fsp3) is 0.667. The standard InChI is InChI=1S/C21H30N2O3/c1-16(17-7-8-18-19(15-17)26-14-13-25-18)22-20(24)21(9-3-2-4-10-21)23-11-5-6-12-23/h7-8,15-16H,2-6,9-14H2,1H3,(H,22,24)/t16-/m0/s1. The number of nitrogens with zero attached hydrogens (tertiary/aromatic N) is 1. The highest BCUT2D eigenvalue weighted by Crippen LogP contribution is 2.37. The molecule has 4 rings (SSSR count). The van der Waals surface area contributed by atoms with E-state index < -0.39 is 0 Å². The van der Waals surface area contributed by atoms with Gasteiger partial charge in [-0.1, -0.05) is 25.3 Å². The SMILES string of the molecule is C[C@H](NC(=O)C1(N2CCCC2)CCCCC1)c1ccc2c(c1)OCCO2. The molecule has 2 heterocycles. The van der Waals surface area contributed by atoms with E-state index in [1.165, 1.54) is 19.3 Å². The van der Waals surface area contributed by atoms with Gasteiger partial charge in [0.25, 0.3) is 0 Å². The van der Waals surface area contributed by atoms with Gasteiger partial charge in [-0.3, -0.25) is 9.69 Å². The molecular formula is C21H30N2O3. The predicted octanol–water partition coefficient (Wildman–Crippen LogP) is 3.43. The molecule has 5 heteroatoms. The summed E-state index contributed by atoms with van der Waals surface area (Å²) in [5.74, 6) is 1.78. The van der Waals surface area contributed by atoms with E-state index in [9.17, 15) is 4.79 Å². The average Bonchev–Trinajstić information content (AvgIpc) is 3.23. The highest BCUT2D eigenvalue weighted by Gasteiger charge is 2.45. The van der Waals surface area contributed by atoms with Crippen molar-refractivity contribution in [2.45, 2.75) is 63.5 Å². The number of ether oxygens (including phenoxy) is 2. The molecule has 26 heavy (non-hydrogen) atoms. The molecule has 0 unspecified atom stereocenters. The van der Waals surface area contributed by atoms with Crippen LogP contribution in [-0.2, 0) is 4.79 Å². The Morgan fingerprint density at radius 2 is 1.73 bits per heavy atom. The molecule has 2 fully saturated rings. The highest BCUT2D eigenvalue weighted by molar-refractivity contribution is 5.87. The van der Waals surface area contributed by atoms with Gasteiger partial charge in [0.15, 0.2) is 11.5 Å². The fourth-order valence-corrected chi connectivity index (χ4v) is 4.71. The smallest absolute Gasteiger partial charge is 0.240 e. The van der Waals surface area contributed by atoms with Crippen LogP contribution in [0.1, 0.15) is 63.5 Å². The van der Waals surface area contributed by atoms with Gasteiger partial charge in [-0.05, 0) is 63.4 Å². The number of carbonyl (C=O) groups is 1. The molecular weight excluding hydrogens is 328 g/mol. The normalized spacial score (nSPS) is 23.4. The molecule has 1 saturated heterocycles. The van der Waals surface area contributed by atoms with Crippen LogP contribution in [-0.4, -0.2) is 42.6 Å². The van der Waals surface area contributed by atoms with Crippen LogP contribution in [0.2, 0.25) is 0 Å². The Morgan fingerprint density at radius 3 is 2.46 bits per heavy atom. The number of rotatable bonds is 4. The summed E-state index contributed by atoms with van der Waals surface area (Å²) in [5, 5.41) is 3.31. The maximum atomic E-state index is 13.4. The number of fused-ring (bicyclic) bond motifs is 1. The summed E-state index contributed by atoms with van der Waals surface area (Å²) in [6.07, 6.45) is 7.98. The molecule has 2 aliphatic heterocycles. The van der Waals surface area contributed by atoms with Crippen molar-refractivity contribution < 1.29 is 14.3 Å². The summed E-state index contributed by atoms with van der Waals surface area (Å²) < 4.78 is 11.3. The van der Waals surface area contributed by atoms with Crippen LogP contribution in [0.4, 0.5) is 0 Å². The van der Waals surface area contributed by atoms with Crippen molar-refractivity contribution in [2.75, 3.05) is 26.3 Å². The summed E-state index contributed by atoms with van der Waals surface area (Å²) >= 11 is 0. The van der Waals surface area contributed by atoms with Gasteiger partial charge in [0.05, 0.1) is 6.04 Å². The lowest BCUT2D eigenvalue weighted by atomic mass is 9.79. The molecule has 1 N–H and O–H groups in total. The van der Waals surface area contributed by atoms with E-state index in [0.29, 0.717) is 13.2 Å². The van der Waals surface area contributed by atoms with Gasteiger partial charge in [0, 0.05) is 0 Å². The summed E-state index contributed by atoms with van der Waals surface area (Å²) in [6.45, 7) is 5.35. The second-order valence-electron chi connectivity index (χ2n) is 7.88. The lowest BCUT2D eigenvalue weighted by Crippen LogP contribution is -2.59. The number of carbonyl (C=O) groups excluding carboxylic acids is 1. The van der Waals surface area contributed by atoms with Gasteiger partial charge in [0.2, 0.25) is 5.91 Å². The lowest BCUT2D eigenvalue weighted by molar-refractivity contribution is -0.136. The van der Waals surface area contributed by atoms with Crippen molar-refractivity contribution >= 4 is 5.91 Å². The van der Waals surface area contributed by atoms with Crippen LogP contribution in [0, 0.1) is 0 Å². The minimum Gasteiger partial charge on any atom is -0.486 e. The van der Waals surface area contributed by atoms with Crippen LogP contribution in [0.15, 0.2) is 18.2 Å². The van der Waals surface area contributed by atoms with Crippen molar-refractivity contribution in [3.8, 4) is 11.5 Å². The topological polar surface area (TPSA) is 50.8 Å². The fourth-order valence-electron chi connectivity index (χ4n) is 4.71. The van der Waals surface area contributed by atoms with Gasteiger partial charge in [-0.15, -0.1) is 0 Å². The Kier molecular flexibility index (Phi) is 5.07. The molecule has 5 nitrogen and oxygen atoms in total. The lowest BCUT2D eigenvalue weighted by Gasteiger charge is -2.43. The molecule has 142 valence electrons. The maximum Gasteiger partial charge on any atom is 0.240 e. The summed E-state index contributed by atoms with van der Waals surface area (Å²) in [7, 11) is 0. The van der Waals surface area contributed by atoms with Crippen molar-refractivity contribution in [2.24, 2.45) is 0 Å². The van der Waals surface area contributed by atoms with Crippen LogP contribution in [0.25, 0.3) is 0 Å². The van der Waals surface area contributed by atoms with E-state index in [0.717, 1.165) is 55.8 Å². The van der Waals surface area contributed by atoms with E-state index >= 15 is 0 Å². The zero-order valence-corrected chi connectivity index (χ0v) is 15.8. The number of hydrogen-bond donors (Lipinski definition) is 1. The molecule has 1 amide bonds. The van der Waals surface area contributed by atoms with Crippen molar-refractivity contribution in [1.82, 2.24) is 10.2 Å². The first-order chi connectivity index (χ1) is 12.7. The molecule has 1 saturated carbocycles. The molecule has 0 bridgehead atoms. The van der Waals surface area contributed by atoms with E-state index in [1.807, 2.05) is 18.2 Å². The number of likely N-dealkylation sites (tertiary alicyclic amines) is 1. The van der Waals surface area contributed by atoms with E-state index in [2.05, 4.69) is 17.1 Å². The van der Waals surface area contributed by atoms with E-state index in [1.54, 1.807) is 0 Å². The van der Waals surface area contributed by atoms with Crippen LogP contribution < -0.4 is 14.8 Å². The van der Waals surface area contributed by atoms with Gasteiger partial charge < -0.3 is 14.8 Å². The second-order valence-corrected chi connectivity index (χ2v) is 7.88. The Labute approximate surface area is 156 Å². The van der Waals surface area contributed by atoms with Gasteiger partial charge in [0.1, 0.15) is 18.8 Å². The Morgan fingerprint density at radius 1 is 1.04 bits per heavy atom. The third kappa shape index (κ3) is 3.29. The molecule has 0 spiro atoms. The van der Waals surface area contributed by atoms with Gasteiger partial charge >= 0.3 is 0 Å². The second kappa shape index (κ2) is 7.47. The van der Waals surface area contributed by atoms with Gasteiger partial charge in [-0.25, -0.2) is 0 Å². The summed E-state index contributed by atoms with van der Waals surface area (Å²) in [4.78, 5) is 15.8. The first-order valence-electron chi connectivity index (χ1n) is 10.1. The Bertz CT molecular complexity index is 649. The first kappa shape index (κ1) is 17.7. The predicted molar refractivity (Wildman–Crippen MR) is 101 cm³/mol. The molecule has 1 atom stereocenters. The molecule has 1 aromatic rings. The Balaban J connectivity index is 1.50. The molecule has 3 aliphatic rings. The monoisotopic (exact) mass is 358 g/mol. The zero-order valence-electron chi connectivity index (χ0n) is 15.8. The van der Waals surface area contributed by atoms with E-state index in [4.69, 9.17) is 9.47 Å². The van der Waals surface area contributed by atoms with Crippen LogP contribution >= 0.6 is 0 Å². The highest BCUT2D eigenvalue weighted by atomic mass is 16.6. The van der Waals surface area contributed by atoms with Crippen LogP contribution in [0.5, 0.6) is 11.5 Å². The number of hydrogen-bond acceptors (Lipinski definition) is 4. The largest absolute Gasteiger partial charge is 0.486 e. The molecule has 0 aromatic heterocycles. The van der Waals surface area contributed by atoms with Gasteiger partial charge in [-0.2, -0.15) is 0 Å². The number of amides is 1. The number of benzene rings is 1. The third-order valence-corrected chi connectivity index (χ3v) is 6.23. The minimum absolute atomic E-state index is 0.0419. The summed E-state index contributed by atoms with van der Waals surface area (Å²) in [6, 6.07) is 5.94. The quantitative estimate of drug-likeness (QED) is 0.896. The van der Waals surface area contributed by atoms with Crippen molar-refractivity contribution in [3.63, 3.8) is 0 Å². The van der Waals surface area contributed by atoms with E-state index in [-0.39, 0.29) is 17.5 Å². The molecule has 1 aromatic carbocycles. The maximum absolute atomic E-state index is 13.4. The third-order valence-electron chi connectivity index (χ3n) is 6.23. The summed E-state index contributed by atoms with van der Waals surface area (Å²) in [5.41, 5.74) is 0.770. The minimum atomic E-state index is -0.295. The average molecular weight is 358 g/mol. The zero-order chi connectivity index (χ0) is 18.0. The molecule has 1 aliphatic carbocycles. The number of nitrogens with one attached hydrogen (secondary N) is 1. The van der Waals surface area contributed by atoms with Crippen molar-refractivity contribution in [1.29, 1.82) is 0 Å². The molecule has 0 radical (unpaired) electrons. The van der Waals surface area contributed by atoms with Crippen LogP contribution in [0.3, 0.4) is 0 Å². The Hall–Kier alpha value is -1.75.